The van der Waals surface area contributed by atoms with Crippen LogP contribution in [0.1, 0.15) is 12.5 Å². The van der Waals surface area contributed by atoms with E-state index in [9.17, 15) is 0 Å². The molecule has 0 aliphatic carbocycles. The van der Waals surface area contributed by atoms with Gasteiger partial charge in [0.05, 0.1) is 0 Å². The first-order chi connectivity index (χ1) is 6.83. The van der Waals surface area contributed by atoms with E-state index in [4.69, 9.17) is 0 Å². The minimum Gasteiger partial charge on any atom is -0.0743 e. The Morgan fingerprint density at radius 1 is 1.21 bits per heavy atom. The van der Waals surface area contributed by atoms with Crippen LogP contribution in [0.3, 0.4) is 0 Å². The lowest BCUT2D eigenvalue weighted by molar-refractivity contribution is 1.54. The molecule has 1 aromatic rings. The second kappa shape index (κ2) is 6.81. The van der Waals surface area contributed by atoms with Crippen LogP contribution in [0.5, 0.6) is 0 Å². The van der Waals surface area contributed by atoms with Crippen LogP contribution in [-0.4, -0.2) is 5.75 Å². The fourth-order valence-corrected chi connectivity index (χ4v) is 1.40. The molecule has 2 heteroatoms. The van der Waals surface area contributed by atoms with Gasteiger partial charge < -0.3 is 0 Å². The summed E-state index contributed by atoms with van der Waals surface area (Å²) < 4.78 is 1.22. The van der Waals surface area contributed by atoms with Crippen LogP contribution in [0, 0.1) is 26.6 Å². The molecule has 14 heavy (non-hydrogen) atoms. The topological polar surface area (TPSA) is 0 Å². The van der Waals surface area contributed by atoms with E-state index >= 15 is 0 Å². The van der Waals surface area contributed by atoms with Crippen LogP contribution in [0.2, 0.25) is 0 Å². The van der Waals surface area contributed by atoms with Crippen LogP contribution >= 0.6 is 34.4 Å². The number of halogens is 1. The normalized spacial score (nSPS) is 8.14. The number of rotatable bonds is 1. The summed E-state index contributed by atoms with van der Waals surface area (Å²) in [5, 5.41) is 2.91. The molecule has 0 unspecified atom stereocenters. The van der Waals surface area contributed by atoms with E-state index in [1.807, 2.05) is 24.3 Å². The SMILES string of the molecule is CCSC#CC#Cc1ccc(I)cc1. The van der Waals surface area contributed by atoms with Gasteiger partial charge in [0.2, 0.25) is 0 Å². The second-order valence-corrected chi connectivity index (χ2v) is 4.73. The van der Waals surface area contributed by atoms with Crippen molar-refractivity contribution in [2.75, 3.05) is 5.75 Å². The first-order valence-electron chi connectivity index (χ1n) is 4.21. The highest BCUT2D eigenvalue weighted by molar-refractivity contribution is 14.1. The molecule has 1 aromatic carbocycles. The molecule has 0 saturated heterocycles. The minimum absolute atomic E-state index is 1.01. The lowest BCUT2D eigenvalue weighted by Crippen LogP contribution is -1.73. The number of hydrogen-bond donors (Lipinski definition) is 0. The first kappa shape index (κ1) is 11.5. The Bertz CT molecular complexity index is 398. The van der Waals surface area contributed by atoms with E-state index in [0.29, 0.717) is 0 Å². The highest BCUT2D eigenvalue weighted by Crippen LogP contribution is 2.05. The lowest BCUT2D eigenvalue weighted by Gasteiger charge is -1.88. The van der Waals surface area contributed by atoms with Crippen molar-refractivity contribution < 1.29 is 0 Å². The van der Waals surface area contributed by atoms with E-state index in [2.05, 4.69) is 52.5 Å². The van der Waals surface area contributed by atoms with E-state index in [0.717, 1.165) is 11.3 Å². The molecule has 0 heterocycles. The molecule has 0 fully saturated rings. The molecule has 0 nitrogen and oxygen atoms in total. The maximum atomic E-state index is 2.99. The van der Waals surface area contributed by atoms with Crippen LogP contribution in [-0.2, 0) is 0 Å². The Balaban J connectivity index is 2.61. The molecule has 0 atom stereocenters. The third-order valence-corrected chi connectivity index (χ3v) is 2.64. The van der Waals surface area contributed by atoms with Gasteiger partial charge in [-0.15, -0.1) is 0 Å². The van der Waals surface area contributed by atoms with Crippen LogP contribution < -0.4 is 0 Å². The van der Waals surface area contributed by atoms with Gasteiger partial charge in [0.15, 0.2) is 0 Å². The number of hydrogen-bond acceptors (Lipinski definition) is 1. The van der Waals surface area contributed by atoms with Gasteiger partial charge in [-0.25, -0.2) is 0 Å². The third-order valence-electron chi connectivity index (χ3n) is 1.38. The quantitative estimate of drug-likeness (QED) is 0.566. The molecule has 0 saturated carbocycles. The maximum Gasteiger partial charge on any atom is 0.0256 e. The zero-order valence-electron chi connectivity index (χ0n) is 7.80. The third kappa shape index (κ3) is 4.60. The Kier molecular flexibility index (Phi) is 5.59. The summed E-state index contributed by atoms with van der Waals surface area (Å²) in [6, 6.07) is 8.09. The van der Waals surface area contributed by atoms with Crippen molar-refractivity contribution in [1.29, 1.82) is 0 Å². The average Bonchev–Trinajstić information content (AvgIpc) is 2.21. The zero-order valence-corrected chi connectivity index (χ0v) is 10.8. The highest BCUT2D eigenvalue weighted by atomic mass is 127. The van der Waals surface area contributed by atoms with E-state index in [1.54, 1.807) is 11.8 Å². The van der Waals surface area contributed by atoms with Gasteiger partial charge in [-0.2, -0.15) is 0 Å². The van der Waals surface area contributed by atoms with Gasteiger partial charge in [0.1, 0.15) is 0 Å². The fourth-order valence-electron chi connectivity index (χ4n) is 0.770. The highest BCUT2D eigenvalue weighted by Gasteiger charge is 1.85. The molecule has 0 bridgehead atoms. The molecule has 0 amide bonds. The van der Waals surface area contributed by atoms with Crippen molar-refractivity contribution in [2.45, 2.75) is 6.92 Å². The van der Waals surface area contributed by atoms with E-state index in [1.165, 1.54) is 3.57 Å². The fraction of sp³-hybridized carbons (Fsp3) is 0.167. The molecule has 0 N–H and O–H groups in total. The van der Waals surface area contributed by atoms with Crippen molar-refractivity contribution in [3.8, 4) is 23.0 Å². The molecule has 0 aliphatic rings. The summed E-state index contributed by atoms with van der Waals surface area (Å²) >= 11 is 3.85. The Hall–Kier alpha value is -0.580. The van der Waals surface area contributed by atoms with Gasteiger partial charge in [0.25, 0.3) is 0 Å². The maximum absolute atomic E-state index is 2.99. The van der Waals surface area contributed by atoms with Crippen molar-refractivity contribution in [3.05, 3.63) is 33.4 Å². The molecular weight excluding hydrogens is 303 g/mol. The molecular formula is C12H9IS. The first-order valence-corrected chi connectivity index (χ1v) is 6.27. The monoisotopic (exact) mass is 312 g/mol. The summed E-state index contributed by atoms with van der Waals surface area (Å²) in [6.45, 7) is 2.08. The summed E-state index contributed by atoms with van der Waals surface area (Å²) in [5.74, 6) is 9.62. The summed E-state index contributed by atoms with van der Waals surface area (Å²) in [4.78, 5) is 0. The predicted molar refractivity (Wildman–Crippen MR) is 71.9 cm³/mol. The average molecular weight is 312 g/mol. The van der Waals surface area contributed by atoms with Crippen molar-refractivity contribution in [1.82, 2.24) is 0 Å². The Labute approximate surface area is 103 Å². The van der Waals surface area contributed by atoms with Gasteiger partial charge in [-0.3, -0.25) is 0 Å². The van der Waals surface area contributed by atoms with Gasteiger partial charge in [-0.05, 0) is 63.9 Å². The molecule has 0 aromatic heterocycles. The molecule has 0 spiro atoms. The Morgan fingerprint density at radius 2 is 1.93 bits per heavy atom. The van der Waals surface area contributed by atoms with Gasteiger partial charge in [0, 0.05) is 14.9 Å². The molecule has 0 radical (unpaired) electrons. The van der Waals surface area contributed by atoms with Crippen LogP contribution in [0.4, 0.5) is 0 Å². The Morgan fingerprint density at radius 3 is 2.57 bits per heavy atom. The molecule has 1 rings (SSSR count). The van der Waals surface area contributed by atoms with Crippen molar-refractivity contribution in [2.24, 2.45) is 0 Å². The largest absolute Gasteiger partial charge is 0.0743 e. The van der Waals surface area contributed by atoms with E-state index in [-0.39, 0.29) is 0 Å². The minimum atomic E-state index is 1.01. The van der Waals surface area contributed by atoms with E-state index < -0.39 is 0 Å². The zero-order chi connectivity index (χ0) is 10.2. The predicted octanol–water partition coefficient (Wildman–Crippen LogP) is 3.36. The molecule has 0 aliphatic heterocycles. The second-order valence-electron chi connectivity index (χ2n) is 2.42. The smallest absolute Gasteiger partial charge is 0.0256 e. The standard InChI is InChI=1S/C12H9IS/c1-2-14-10-4-3-5-11-6-8-12(13)9-7-11/h6-9H,2H2,1H3. The van der Waals surface area contributed by atoms with Gasteiger partial charge in [-0.1, -0.05) is 24.6 Å². The summed E-state index contributed by atoms with van der Waals surface area (Å²) in [6.07, 6.45) is 0. The summed E-state index contributed by atoms with van der Waals surface area (Å²) in [7, 11) is 0. The molecule has 70 valence electrons. The van der Waals surface area contributed by atoms with Crippen LogP contribution in [0.25, 0.3) is 0 Å². The summed E-state index contributed by atoms with van der Waals surface area (Å²) in [5.41, 5.74) is 1.02. The number of benzene rings is 1. The number of thioether (sulfide) groups is 1. The lowest BCUT2D eigenvalue weighted by atomic mass is 10.2. The van der Waals surface area contributed by atoms with Crippen LogP contribution in [0.15, 0.2) is 24.3 Å². The van der Waals surface area contributed by atoms with Crippen molar-refractivity contribution in [3.63, 3.8) is 0 Å². The van der Waals surface area contributed by atoms with Crippen molar-refractivity contribution >= 4 is 34.4 Å². The van der Waals surface area contributed by atoms with Gasteiger partial charge >= 0.3 is 0 Å².